The lowest BCUT2D eigenvalue weighted by Crippen LogP contribution is -2.57. The number of aryl methyl sites for hydroxylation is 1. The second kappa shape index (κ2) is 5.74. The fourth-order valence-corrected chi connectivity index (χ4v) is 3.61. The van der Waals surface area contributed by atoms with E-state index in [2.05, 4.69) is 20.5 Å². The molecule has 0 saturated carbocycles. The van der Waals surface area contributed by atoms with E-state index in [1.165, 1.54) is 11.3 Å². The van der Waals surface area contributed by atoms with Gasteiger partial charge < -0.3 is 9.64 Å². The van der Waals surface area contributed by atoms with Crippen LogP contribution in [0.15, 0.2) is 23.7 Å². The number of likely N-dealkylation sites (tertiary alicyclic amines) is 1. The number of benzene rings is 1. The molecule has 7 nitrogen and oxygen atoms in total. The topological polar surface area (TPSA) is 80.2 Å². The smallest absolute Gasteiger partial charge is 0.323 e. The number of para-hydroxylation sites is 1. The third-order valence-corrected chi connectivity index (χ3v) is 5.04. The number of nitrogens with zero attached hydrogens (tertiary/aromatic N) is 4. The van der Waals surface area contributed by atoms with Crippen molar-refractivity contribution in [2.24, 2.45) is 0 Å². The summed E-state index contributed by atoms with van der Waals surface area (Å²) in [7, 11) is 0. The van der Waals surface area contributed by atoms with Gasteiger partial charge in [-0.25, -0.2) is 9.78 Å². The molecule has 1 aliphatic rings. The van der Waals surface area contributed by atoms with Crippen LogP contribution in [-0.4, -0.2) is 45.3 Å². The summed E-state index contributed by atoms with van der Waals surface area (Å²) in [6, 6.07) is 5.71. The maximum atomic E-state index is 12.1. The maximum absolute atomic E-state index is 12.1. The zero-order valence-corrected chi connectivity index (χ0v) is 13.9. The number of fused-ring (bicyclic) bond motifs is 1. The highest BCUT2D eigenvalue weighted by molar-refractivity contribution is 7.16. The van der Waals surface area contributed by atoms with Gasteiger partial charge in [-0.3, -0.25) is 5.32 Å². The second-order valence-corrected chi connectivity index (χ2v) is 7.22. The molecule has 1 aromatic carbocycles. The summed E-state index contributed by atoms with van der Waals surface area (Å²) in [6.07, 6.45) is -0.00999. The molecule has 0 bridgehead atoms. The number of carbonyl (C=O) groups excluding carboxylic acids is 1. The molecule has 2 amide bonds. The predicted octanol–water partition coefficient (Wildman–Crippen LogP) is 2.75. The average molecular weight is 347 g/mol. The normalized spacial score (nSPS) is 14.7. The largest absolute Gasteiger partial charge is 0.484 e. The first-order valence-corrected chi connectivity index (χ1v) is 8.73. The van der Waals surface area contributed by atoms with Crippen molar-refractivity contribution in [3.8, 4) is 5.75 Å². The number of thiazole rings is 1. The van der Waals surface area contributed by atoms with Crippen molar-refractivity contribution >= 4 is 44.1 Å². The van der Waals surface area contributed by atoms with Crippen LogP contribution >= 0.6 is 22.7 Å². The van der Waals surface area contributed by atoms with Gasteiger partial charge in [-0.15, -0.1) is 21.5 Å². The molecule has 0 spiro atoms. The third-order valence-electron chi connectivity index (χ3n) is 3.49. The molecular weight excluding hydrogens is 334 g/mol. The lowest BCUT2D eigenvalue weighted by Gasteiger charge is -2.38. The van der Waals surface area contributed by atoms with Crippen LogP contribution in [0.25, 0.3) is 10.2 Å². The van der Waals surface area contributed by atoms with Crippen molar-refractivity contribution in [3.63, 3.8) is 0 Å². The number of ether oxygens (including phenoxy) is 1. The van der Waals surface area contributed by atoms with Crippen LogP contribution in [0, 0.1) is 6.92 Å². The molecule has 0 aliphatic carbocycles. The fourth-order valence-electron chi connectivity index (χ4n) is 2.33. The number of aromatic nitrogens is 3. The van der Waals surface area contributed by atoms with Crippen LogP contribution in [-0.2, 0) is 0 Å². The lowest BCUT2D eigenvalue weighted by atomic mass is 10.2. The monoisotopic (exact) mass is 347 g/mol. The zero-order valence-electron chi connectivity index (χ0n) is 12.2. The lowest BCUT2D eigenvalue weighted by molar-refractivity contribution is 0.0502. The van der Waals surface area contributed by atoms with Crippen LogP contribution in [0.3, 0.4) is 0 Å². The second-order valence-electron chi connectivity index (χ2n) is 5.16. The molecule has 9 heteroatoms. The standard InChI is InChI=1S/C14H13N5O2S2/c1-8-17-18-13(23-8)16-14(20)19-5-9(6-19)21-10-3-2-4-11-12(10)15-7-22-11/h2-4,7,9H,5-6H2,1H3,(H,16,18,20). The molecule has 0 unspecified atom stereocenters. The van der Waals surface area contributed by atoms with E-state index >= 15 is 0 Å². The minimum absolute atomic E-state index is 0.00999. The molecule has 1 aliphatic heterocycles. The van der Waals surface area contributed by atoms with E-state index in [4.69, 9.17) is 4.74 Å². The Kier molecular flexibility index (Phi) is 3.58. The summed E-state index contributed by atoms with van der Waals surface area (Å²) in [5, 5.41) is 11.8. The molecule has 23 heavy (non-hydrogen) atoms. The number of rotatable bonds is 3. The van der Waals surface area contributed by atoms with Gasteiger partial charge in [0.2, 0.25) is 5.13 Å². The van der Waals surface area contributed by atoms with Gasteiger partial charge in [0.05, 0.1) is 23.3 Å². The number of hydrogen-bond donors (Lipinski definition) is 1. The quantitative estimate of drug-likeness (QED) is 0.788. The van der Waals surface area contributed by atoms with E-state index in [1.807, 2.05) is 30.6 Å². The SMILES string of the molecule is Cc1nnc(NC(=O)N2CC(Oc3cccc4scnc34)C2)s1. The average Bonchev–Trinajstić information content (AvgIpc) is 3.11. The number of amides is 2. The summed E-state index contributed by atoms with van der Waals surface area (Å²) in [6.45, 7) is 2.94. The van der Waals surface area contributed by atoms with Crippen LogP contribution in [0.2, 0.25) is 0 Å². The highest BCUT2D eigenvalue weighted by Crippen LogP contribution is 2.29. The minimum Gasteiger partial charge on any atom is -0.484 e. The van der Waals surface area contributed by atoms with Crippen molar-refractivity contribution in [1.82, 2.24) is 20.1 Å². The van der Waals surface area contributed by atoms with Crippen molar-refractivity contribution in [1.29, 1.82) is 0 Å². The van der Waals surface area contributed by atoms with Gasteiger partial charge in [-0.1, -0.05) is 17.4 Å². The molecule has 0 atom stereocenters. The molecule has 3 heterocycles. The van der Waals surface area contributed by atoms with Crippen molar-refractivity contribution in [2.45, 2.75) is 13.0 Å². The predicted molar refractivity (Wildman–Crippen MR) is 89.3 cm³/mol. The summed E-state index contributed by atoms with van der Waals surface area (Å²) in [4.78, 5) is 18.1. The summed E-state index contributed by atoms with van der Waals surface area (Å²) >= 11 is 2.94. The fraction of sp³-hybridized carbons (Fsp3) is 0.286. The molecule has 0 radical (unpaired) electrons. The van der Waals surface area contributed by atoms with Crippen LogP contribution in [0.5, 0.6) is 5.75 Å². The molecular formula is C14H13N5O2S2. The van der Waals surface area contributed by atoms with Crippen molar-refractivity contribution < 1.29 is 9.53 Å². The van der Waals surface area contributed by atoms with Crippen molar-refractivity contribution in [3.05, 3.63) is 28.7 Å². The number of hydrogen-bond acceptors (Lipinski definition) is 7. The van der Waals surface area contributed by atoms with Gasteiger partial charge >= 0.3 is 6.03 Å². The van der Waals surface area contributed by atoms with Gasteiger partial charge in [-0.05, 0) is 19.1 Å². The molecule has 3 aromatic rings. The minimum atomic E-state index is -0.173. The highest BCUT2D eigenvalue weighted by atomic mass is 32.1. The molecule has 1 saturated heterocycles. The van der Waals surface area contributed by atoms with Gasteiger partial charge in [0, 0.05) is 0 Å². The number of urea groups is 1. The van der Waals surface area contributed by atoms with Gasteiger partial charge in [0.15, 0.2) is 0 Å². The van der Waals surface area contributed by atoms with E-state index in [0.29, 0.717) is 18.2 Å². The first-order valence-electron chi connectivity index (χ1n) is 7.04. The van der Waals surface area contributed by atoms with E-state index in [9.17, 15) is 4.79 Å². The molecule has 118 valence electrons. The Morgan fingerprint density at radius 3 is 3.04 bits per heavy atom. The Morgan fingerprint density at radius 2 is 2.26 bits per heavy atom. The Labute approximate surface area is 139 Å². The van der Waals surface area contributed by atoms with E-state index < -0.39 is 0 Å². The van der Waals surface area contributed by atoms with Crippen LogP contribution < -0.4 is 10.1 Å². The summed E-state index contributed by atoms with van der Waals surface area (Å²) in [5.41, 5.74) is 2.69. The molecule has 1 fully saturated rings. The van der Waals surface area contributed by atoms with E-state index in [0.717, 1.165) is 21.0 Å². The third kappa shape index (κ3) is 2.84. The first-order chi connectivity index (χ1) is 11.2. The molecule has 4 rings (SSSR count). The van der Waals surface area contributed by atoms with E-state index in [1.54, 1.807) is 16.2 Å². The zero-order chi connectivity index (χ0) is 15.8. The Morgan fingerprint density at radius 1 is 1.39 bits per heavy atom. The summed E-state index contributed by atoms with van der Waals surface area (Å²) < 4.78 is 7.05. The number of carbonyl (C=O) groups is 1. The summed E-state index contributed by atoms with van der Waals surface area (Å²) in [5.74, 6) is 0.772. The van der Waals surface area contributed by atoms with Crippen molar-refractivity contribution in [2.75, 3.05) is 18.4 Å². The highest BCUT2D eigenvalue weighted by Gasteiger charge is 2.33. The number of anilines is 1. The van der Waals surface area contributed by atoms with Crippen LogP contribution in [0.4, 0.5) is 9.93 Å². The maximum Gasteiger partial charge on any atom is 0.323 e. The Balaban J connectivity index is 1.34. The Bertz CT molecular complexity index is 856. The van der Waals surface area contributed by atoms with E-state index in [-0.39, 0.29) is 12.1 Å². The molecule has 1 N–H and O–H groups in total. The Hall–Kier alpha value is -2.26. The van der Waals surface area contributed by atoms with Gasteiger partial charge in [0.25, 0.3) is 0 Å². The van der Waals surface area contributed by atoms with Gasteiger partial charge in [-0.2, -0.15) is 0 Å². The first kappa shape index (κ1) is 14.3. The number of nitrogens with one attached hydrogen (secondary N) is 1. The van der Waals surface area contributed by atoms with Gasteiger partial charge in [0.1, 0.15) is 22.4 Å². The molecule has 2 aromatic heterocycles. The van der Waals surface area contributed by atoms with Crippen LogP contribution in [0.1, 0.15) is 5.01 Å².